The Bertz CT molecular complexity index is 779. The van der Waals surface area contributed by atoms with E-state index < -0.39 is 11.2 Å². The van der Waals surface area contributed by atoms with Gasteiger partial charge in [-0.1, -0.05) is 11.8 Å². The zero-order valence-corrected chi connectivity index (χ0v) is 17.0. The molecule has 0 saturated carbocycles. The fraction of sp³-hybridized carbons (Fsp3) is 0.474. The number of imide groups is 1. The minimum atomic E-state index is -0.721. The molecule has 2 aliphatic rings. The molecule has 2 heterocycles. The number of nitrogens with one attached hydrogen (secondary N) is 2. The fourth-order valence-electron chi connectivity index (χ4n) is 3.10. The Balaban J connectivity index is 1.51. The summed E-state index contributed by atoms with van der Waals surface area (Å²) in [4.78, 5) is 51.1. The number of quaternary nitrogens is 1. The van der Waals surface area contributed by atoms with Gasteiger partial charge in [-0.15, -0.1) is 0 Å². The molecule has 2 N–H and O–H groups in total. The highest BCUT2D eigenvalue weighted by atomic mass is 32.2. The molecule has 3 amide bonds. The SMILES string of the molecule is CCOC(=O)c1ccc(NC(=O)C[C@@H]2SC(=O)N(C[NH+]3CCOCC3)C2=O)cc1. The molecule has 0 spiro atoms. The Hall–Kier alpha value is -2.43. The van der Waals surface area contributed by atoms with Gasteiger partial charge in [0.1, 0.15) is 18.3 Å². The second-order valence-corrected chi connectivity index (χ2v) is 7.86. The van der Waals surface area contributed by atoms with E-state index in [-0.39, 0.29) is 30.1 Å². The third kappa shape index (κ3) is 5.55. The number of ether oxygens (including phenoxy) is 2. The lowest BCUT2D eigenvalue weighted by atomic mass is 10.2. The molecule has 1 atom stereocenters. The van der Waals surface area contributed by atoms with Gasteiger partial charge in [-0.25, -0.2) is 9.69 Å². The van der Waals surface area contributed by atoms with Gasteiger partial charge in [-0.05, 0) is 31.2 Å². The Morgan fingerprint density at radius 3 is 2.59 bits per heavy atom. The number of nitrogens with zero attached hydrogens (tertiary/aromatic N) is 1. The number of rotatable bonds is 7. The Kier molecular flexibility index (Phi) is 7.24. The largest absolute Gasteiger partial charge is 0.462 e. The van der Waals surface area contributed by atoms with Crippen molar-refractivity contribution in [1.29, 1.82) is 0 Å². The number of amides is 3. The smallest absolute Gasteiger partial charge is 0.338 e. The monoisotopic (exact) mass is 422 g/mol. The van der Waals surface area contributed by atoms with Crippen molar-refractivity contribution < 1.29 is 33.6 Å². The number of hydrogen-bond donors (Lipinski definition) is 2. The van der Waals surface area contributed by atoms with E-state index in [2.05, 4.69) is 5.32 Å². The standard InChI is InChI=1S/C19H23N3O6S/c1-2-28-18(25)13-3-5-14(6-4-13)20-16(23)11-15-17(24)22(19(26)29-15)12-21-7-9-27-10-8-21/h3-6,15H,2,7-12H2,1H3,(H,20,23)/p+1/t15-/m0/s1. The lowest BCUT2D eigenvalue weighted by Crippen LogP contribution is -3.15. The first-order valence-electron chi connectivity index (χ1n) is 9.48. The molecule has 0 bridgehead atoms. The number of morpholine rings is 1. The summed E-state index contributed by atoms with van der Waals surface area (Å²) in [5.41, 5.74) is 0.887. The van der Waals surface area contributed by atoms with E-state index in [0.717, 1.165) is 29.8 Å². The van der Waals surface area contributed by atoms with E-state index in [0.29, 0.717) is 31.1 Å². The van der Waals surface area contributed by atoms with Crippen LogP contribution in [0.5, 0.6) is 0 Å². The van der Waals surface area contributed by atoms with Crippen molar-refractivity contribution in [3.05, 3.63) is 29.8 Å². The Morgan fingerprint density at radius 1 is 1.24 bits per heavy atom. The number of benzene rings is 1. The van der Waals surface area contributed by atoms with E-state index in [1.54, 1.807) is 31.2 Å². The molecule has 2 saturated heterocycles. The van der Waals surface area contributed by atoms with Gasteiger partial charge in [0, 0.05) is 12.1 Å². The van der Waals surface area contributed by atoms with Crippen LogP contribution in [0, 0.1) is 0 Å². The number of anilines is 1. The highest BCUT2D eigenvalue weighted by Crippen LogP contribution is 2.28. The van der Waals surface area contributed by atoms with Crippen LogP contribution >= 0.6 is 11.8 Å². The number of thioether (sulfide) groups is 1. The molecule has 0 aromatic heterocycles. The minimum absolute atomic E-state index is 0.0934. The van der Waals surface area contributed by atoms with E-state index in [9.17, 15) is 19.2 Å². The van der Waals surface area contributed by atoms with E-state index in [1.165, 1.54) is 4.90 Å². The van der Waals surface area contributed by atoms with Crippen molar-refractivity contribution >= 4 is 40.5 Å². The predicted molar refractivity (Wildman–Crippen MR) is 106 cm³/mol. The third-order valence-corrected chi connectivity index (χ3v) is 5.71. The fourth-order valence-corrected chi connectivity index (χ4v) is 4.09. The number of hydrogen-bond acceptors (Lipinski definition) is 7. The average Bonchev–Trinajstić information content (AvgIpc) is 2.97. The molecule has 2 fully saturated rings. The van der Waals surface area contributed by atoms with Crippen LogP contribution in [0.15, 0.2) is 24.3 Å². The molecule has 9 nitrogen and oxygen atoms in total. The first-order chi connectivity index (χ1) is 14.0. The average molecular weight is 422 g/mol. The highest BCUT2D eigenvalue weighted by molar-refractivity contribution is 8.15. The van der Waals surface area contributed by atoms with Crippen LogP contribution in [0.4, 0.5) is 10.5 Å². The maximum Gasteiger partial charge on any atom is 0.338 e. The zero-order chi connectivity index (χ0) is 20.8. The summed E-state index contributed by atoms with van der Waals surface area (Å²) in [6.07, 6.45) is -0.0934. The van der Waals surface area contributed by atoms with Crippen LogP contribution in [-0.2, 0) is 19.1 Å². The molecule has 1 aromatic carbocycles. The summed E-state index contributed by atoms with van der Waals surface area (Å²) < 4.78 is 10.2. The van der Waals surface area contributed by atoms with Crippen molar-refractivity contribution in [1.82, 2.24) is 4.90 Å². The molecule has 0 radical (unpaired) electrons. The van der Waals surface area contributed by atoms with Gasteiger partial charge in [0.15, 0.2) is 6.67 Å². The van der Waals surface area contributed by atoms with Crippen molar-refractivity contribution in [2.24, 2.45) is 0 Å². The Labute approximate surface area is 172 Å². The first kappa shape index (κ1) is 21.3. The quantitative estimate of drug-likeness (QED) is 0.602. The minimum Gasteiger partial charge on any atom is -0.462 e. The van der Waals surface area contributed by atoms with Crippen LogP contribution in [-0.4, -0.2) is 72.8 Å². The van der Waals surface area contributed by atoms with Crippen molar-refractivity contribution in [3.8, 4) is 0 Å². The summed E-state index contributed by atoms with van der Waals surface area (Å²) in [5.74, 6) is -1.13. The first-order valence-corrected chi connectivity index (χ1v) is 10.4. The van der Waals surface area contributed by atoms with Gasteiger partial charge >= 0.3 is 5.97 Å². The van der Waals surface area contributed by atoms with Gasteiger partial charge in [0.2, 0.25) is 11.8 Å². The van der Waals surface area contributed by atoms with Crippen LogP contribution in [0.2, 0.25) is 0 Å². The number of carbonyl (C=O) groups excluding carboxylic acids is 4. The topological polar surface area (TPSA) is 106 Å². The second-order valence-electron chi connectivity index (χ2n) is 6.71. The second kappa shape index (κ2) is 9.86. The van der Waals surface area contributed by atoms with Crippen LogP contribution in [0.25, 0.3) is 0 Å². The summed E-state index contributed by atoms with van der Waals surface area (Å²) in [7, 11) is 0. The van der Waals surface area contributed by atoms with Gasteiger partial charge in [-0.2, -0.15) is 0 Å². The Morgan fingerprint density at radius 2 is 1.93 bits per heavy atom. The summed E-state index contributed by atoms with van der Waals surface area (Å²) in [6.45, 7) is 5.03. The maximum absolute atomic E-state index is 12.6. The van der Waals surface area contributed by atoms with Crippen molar-refractivity contribution in [2.75, 3.05) is 44.9 Å². The molecule has 1 aromatic rings. The summed E-state index contributed by atoms with van der Waals surface area (Å²) >= 11 is 0.892. The highest BCUT2D eigenvalue weighted by Gasteiger charge is 2.42. The maximum atomic E-state index is 12.6. The van der Waals surface area contributed by atoms with E-state index in [4.69, 9.17) is 9.47 Å². The molecule has 10 heteroatoms. The molecular weight excluding hydrogens is 398 g/mol. The van der Waals surface area contributed by atoms with E-state index >= 15 is 0 Å². The zero-order valence-electron chi connectivity index (χ0n) is 16.1. The number of carbonyl (C=O) groups is 4. The lowest BCUT2D eigenvalue weighted by Gasteiger charge is -2.26. The molecule has 2 aliphatic heterocycles. The predicted octanol–water partition coefficient (Wildman–Crippen LogP) is 0.129. The summed E-state index contributed by atoms with van der Waals surface area (Å²) in [6, 6.07) is 6.29. The lowest BCUT2D eigenvalue weighted by molar-refractivity contribution is -0.915. The van der Waals surface area contributed by atoms with Gasteiger partial charge in [0.25, 0.3) is 5.24 Å². The molecule has 156 valence electrons. The molecule has 0 unspecified atom stereocenters. The van der Waals surface area contributed by atoms with Crippen molar-refractivity contribution in [3.63, 3.8) is 0 Å². The van der Waals surface area contributed by atoms with Gasteiger partial charge in [0.05, 0.1) is 25.4 Å². The van der Waals surface area contributed by atoms with Crippen LogP contribution < -0.4 is 10.2 Å². The van der Waals surface area contributed by atoms with E-state index in [1.807, 2.05) is 0 Å². The molecule has 3 rings (SSSR count). The normalized spacial score (nSPS) is 20.0. The number of esters is 1. The molecule has 0 aliphatic carbocycles. The molecule has 29 heavy (non-hydrogen) atoms. The summed E-state index contributed by atoms with van der Waals surface area (Å²) in [5, 5.41) is 1.66. The third-order valence-electron chi connectivity index (χ3n) is 4.64. The van der Waals surface area contributed by atoms with Gasteiger partial charge < -0.3 is 19.7 Å². The van der Waals surface area contributed by atoms with Crippen LogP contribution in [0.3, 0.4) is 0 Å². The molecular formula is C19H24N3O6S+. The van der Waals surface area contributed by atoms with Crippen molar-refractivity contribution in [2.45, 2.75) is 18.6 Å². The van der Waals surface area contributed by atoms with Crippen LogP contribution in [0.1, 0.15) is 23.7 Å². The van der Waals surface area contributed by atoms with Gasteiger partial charge in [-0.3, -0.25) is 14.4 Å².